The van der Waals surface area contributed by atoms with E-state index in [0.717, 1.165) is 58.4 Å². The van der Waals surface area contributed by atoms with Crippen LogP contribution in [0.25, 0.3) is 0 Å². The Morgan fingerprint density at radius 3 is 1.35 bits per heavy atom. The molecule has 0 N–H and O–H groups in total. The summed E-state index contributed by atoms with van der Waals surface area (Å²) >= 11 is 0. The molecule has 7 heteroatoms. The highest BCUT2D eigenvalue weighted by molar-refractivity contribution is 6.92. The maximum Gasteiger partial charge on any atom is 0.342 e. The van der Waals surface area contributed by atoms with Crippen molar-refractivity contribution >= 4 is 33.8 Å². The molecule has 0 amide bonds. The van der Waals surface area contributed by atoms with Gasteiger partial charge in [-0.2, -0.15) is 0 Å². The molecule has 0 saturated heterocycles. The average molecular weight is 539 g/mol. The lowest BCUT2D eigenvalue weighted by Crippen LogP contribution is -2.59. The quantitative estimate of drug-likeness (QED) is 0.276. The van der Waals surface area contributed by atoms with Crippen molar-refractivity contribution in [2.24, 2.45) is 47.3 Å². The van der Waals surface area contributed by atoms with E-state index in [4.69, 9.17) is 12.3 Å². The van der Waals surface area contributed by atoms with Crippen LogP contribution in [0.1, 0.15) is 53.4 Å². The summed E-state index contributed by atoms with van der Waals surface area (Å²) in [4.78, 5) is 0. The Morgan fingerprint density at radius 1 is 0.588 bits per heavy atom. The average Bonchev–Trinajstić information content (AvgIpc) is 3.44. The van der Waals surface area contributed by atoms with Crippen LogP contribution < -0.4 is 0 Å². The summed E-state index contributed by atoms with van der Waals surface area (Å²) in [5.41, 5.74) is 3.59. The molecule has 0 aromatic heterocycles. The highest BCUT2D eigenvalue weighted by Gasteiger charge is 2.58. The summed E-state index contributed by atoms with van der Waals surface area (Å²) < 4.78 is 21.3. The normalized spacial score (nSPS) is 44.0. The lowest BCUT2D eigenvalue weighted by Gasteiger charge is -2.47. The summed E-state index contributed by atoms with van der Waals surface area (Å²) in [6.07, 6.45) is 5.60. The van der Waals surface area contributed by atoms with Crippen molar-refractivity contribution in [1.29, 1.82) is 0 Å². The number of fused-ring (bicyclic) bond motifs is 4. The number of hydrogen-bond donors (Lipinski definition) is 0. The lowest BCUT2D eigenvalue weighted by molar-refractivity contribution is 0.238. The highest BCUT2D eigenvalue weighted by atomic mass is 28.5. The van der Waals surface area contributed by atoms with Gasteiger partial charge in [0.1, 0.15) is 0 Å². The van der Waals surface area contributed by atoms with Gasteiger partial charge in [-0.25, -0.2) is 0 Å². The van der Waals surface area contributed by atoms with Crippen LogP contribution >= 0.6 is 0 Å². The molecule has 0 aromatic carbocycles. The zero-order valence-corrected chi connectivity index (χ0v) is 28.1. The Morgan fingerprint density at radius 2 is 1.00 bits per heavy atom. The molecule has 4 fully saturated rings. The van der Waals surface area contributed by atoms with Crippen LogP contribution in [0.15, 0.2) is 12.3 Å². The van der Waals surface area contributed by atoms with Gasteiger partial charge in [0.25, 0.3) is 0 Å². The Kier molecular flexibility index (Phi) is 7.33. The first-order valence-electron chi connectivity index (χ1n) is 14.2. The van der Waals surface area contributed by atoms with Crippen molar-refractivity contribution in [3.63, 3.8) is 0 Å². The van der Waals surface area contributed by atoms with E-state index in [-0.39, 0.29) is 0 Å². The van der Waals surface area contributed by atoms with Crippen LogP contribution in [0.5, 0.6) is 0 Å². The van der Waals surface area contributed by atoms with Gasteiger partial charge in [0, 0.05) is 0 Å². The molecular formula is C27H54O3Si4. The van der Waals surface area contributed by atoms with E-state index in [1.54, 1.807) is 0 Å². The fourth-order valence-corrected chi connectivity index (χ4v) is 30.2. The molecule has 0 radical (unpaired) electrons. The van der Waals surface area contributed by atoms with E-state index < -0.39 is 33.8 Å². The molecule has 7 unspecified atom stereocenters. The van der Waals surface area contributed by atoms with E-state index >= 15 is 0 Å². The Balaban J connectivity index is 1.43. The third-order valence-corrected chi connectivity index (χ3v) is 28.4. The molecule has 4 aliphatic rings. The summed E-state index contributed by atoms with van der Waals surface area (Å²) in [6.45, 7) is 30.8. The molecule has 4 bridgehead atoms. The van der Waals surface area contributed by atoms with Gasteiger partial charge in [-0.1, -0.05) is 33.4 Å². The van der Waals surface area contributed by atoms with Gasteiger partial charge in [0.2, 0.25) is 0 Å². The van der Waals surface area contributed by atoms with Crippen molar-refractivity contribution in [2.45, 2.75) is 110 Å². The first-order valence-corrected chi connectivity index (χ1v) is 25.4. The van der Waals surface area contributed by atoms with Gasteiger partial charge in [0.05, 0.1) is 0 Å². The summed E-state index contributed by atoms with van der Waals surface area (Å²) in [6, 6.07) is 0. The minimum absolute atomic E-state index is 0.758. The predicted octanol–water partition coefficient (Wildman–Crippen LogP) is 8.31. The van der Waals surface area contributed by atoms with Crippen LogP contribution in [-0.4, -0.2) is 33.8 Å². The minimum Gasteiger partial charge on any atom is -0.436 e. The molecule has 3 nitrogen and oxygen atoms in total. The fourth-order valence-electron chi connectivity index (χ4n) is 9.40. The van der Waals surface area contributed by atoms with E-state index in [9.17, 15) is 0 Å². The first-order chi connectivity index (χ1) is 15.5. The minimum atomic E-state index is -2.52. The van der Waals surface area contributed by atoms with E-state index in [1.807, 2.05) is 0 Å². The van der Waals surface area contributed by atoms with Gasteiger partial charge < -0.3 is 12.3 Å². The Bertz CT molecular complexity index is 782. The van der Waals surface area contributed by atoms with Crippen molar-refractivity contribution < 1.29 is 12.3 Å². The molecule has 196 valence electrons. The SMILES string of the molecule is C=C[Si](C)(O[Si](C)(C)O[Si](C)(C)C1CC2CC1[C@@H](C)[C@H]2C)O[Si](C)(C)C1CC2CC1[C@H](C)[C@@H]2C. The second-order valence-corrected chi connectivity index (χ2v) is 30.2. The molecule has 4 saturated carbocycles. The smallest absolute Gasteiger partial charge is 0.342 e. The molecule has 0 aromatic rings. The standard InChI is InChI=1S/C27H54O3Si4/c1-13-34(12,29-32(8,9)27-17-23-15-25(27)21(5)19(23)3)30-33(10,11)28-31(6,7)26-16-22-14-24(26)20(4)18(22)2/h13,18-27H,1,14-17H2,2-12H3/t18-,19+,20+,21-,22?,23?,24?,25?,26?,27?,34?/m1/s1. The van der Waals surface area contributed by atoms with Gasteiger partial charge in [-0.05, 0) is 130 Å². The molecule has 11 atom stereocenters. The molecule has 0 heterocycles. The molecular weight excluding hydrogens is 485 g/mol. The van der Waals surface area contributed by atoms with Crippen LogP contribution in [0.4, 0.5) is 0 Å². The fraction of sp³-hybridized carbons (Fsp3) is 0.926. The van der Waals surface area contributed by atoms with Crippen LogP contribution in [0.3, 0.4) is 0 Å². The van der Waals surface area contributed by atoms with Gasteiger partial charge in [0.15, 0.2) is 16.6 Å². The molecule has 34 heavy (non-hydrogen) atoms. The second-order valence-electron chi connectivity index (χ2n) is 14.6. The lowest BCUT2D eigenvalue weighted by atomic mass is 9.81. The molecule has 4 aliphatic carbocycles. The van der Waals surface area contributed by atoms with Gasteiger partial charge >= 0.3 is 17.1 Å². The van der Waals surface area contributed by atoms with E-state index in [0.29, 0.717) is 0 Å². The first kappa shape index (κ1) is 27.5. The summed E-state index contributed by atoms with van der Waals surface area (Å²) in [7, 11) is -8.68. The van der Waals surface area contributed by atoms with Crippen LogP contribution in [0, 0.1) is 47.3 Å². The maximum absolute atomic E-state index is 7.16. The zero-order valence-electron chi connectivity index (χ0n) is 24.1. The Hall–Kier alpha value is 0.488. The largest absolute Gasteiger partial charge is 0.436 e. The van der Waals surface area contributed by atoms with Crippen molar-refractivity contribution in [1.82, 2.24) is 0 Å². The van der Waals surface area contributed by atoms with Crippen LogP contribution in [-0.2, 0) is 12.3 Å². The second kappa shape index (κ2) is 9.05. The number of rotatable bonds is 9. The molecule has 0 spiro atoms. The van der Waals surface area contributed by atoms with Crippen LogP contribution in [0.2, 0.25) is 56.9 Å². The zero-order chi connectivity index (χ0) is 25.4. The monoisotopic (exact) mass is 538 g/mol. The van der Waals surface area contributed by atoms with E-state index in [1.165, 1.54) is 25.7 Å². The third kappa shape index (κ3) is 4.85. The van der Waals surface area contributed by atoms with Gasteiger partial charge in [-0.3, -0.25) is 0 Å². The van der Waals surface area contributed by atoms with Crippen molar-refractivity contribution in [2.75, 3.05) is 0 Å². The summed E-state index contributed by atoms with van der Waals surface area (Å²) in [5.74, 6) is 6.99. The van der Waals surface area contributed by atoms with Gasteiger partial charge in [-0.15, -0.1) is 6.58 Å². The molecule has 0 aliphatic heterocycles. The summed E-state index contributed by atoms with van der Waals surface area (Å²) in [5, 5.41) is 0. The maximum atomic E-state index is 7.16. The predicted molar refractivity (Wildman–Crippen MR) is 154 cm³/mol. The number of hydrogen-bond acceptors (Lipinski definition) is 3. The third-order valence-electron chi connectivity index (χ3n) is 11.4. The van der Waals surface area contributed by atoms with E-state index in [2.05, 4.69) is 85.8 Å². The topological polar surface area (TPSA) is 27.7 Å². The van der Waals surface area contributed by atoms with Crippen molar-refractivity contribution in [3.05, 3.63) is 12.3 Å². The Labute approximate surface area is 215 Å². The molecule has 4 rings (SSSR count). The van der Waals surface area contributed by atoms with Crippen molar-refractivity contribution in [3.8, 4) is 0 Å². The highest BCUT2D eigenvalue weighted by Crippen LogP contribution is 2.62.